The van der Waals surface area contributed by atoms with Gasteiger partial charge < -0.3 is 10.0 Å². The molecule has 1 fully saturated rings. The standard InChI is InChI=1S/C14H20N4O3/c19-13(20)8-17(11-3-1-2-4-11)14(21)10-5-6-18-12(7-10)15-9-16-18/h9-11H,1-8H2,(H,19,20). The van der Waals surface area contributed by atoms with E-state index in [2.05, 4.69) is 10.1 Å². The molecule has 1 aliphatic carbocycles. The fraction of sp³-hybridized carbons (Fsp3) is 0.714. The lowest BCUT2D eigenvalue weighted by Gasteiger charge is -2.32. The van der Waals surface area contributed by atoms with E-state index in [1.807, 2.05) is 4.68 Å². The van der Waals surface area contributed by atoms with Gasteiger partial charge in [0.15, 0.2) is 0 Å². The lowest BCUT2D eigenvalue weighted by atomic mass is 9.95. The summed E-state index contributed by atoms with van der Waals surface area (Å²) in [6.45, 7) is 0.490. The quantitative estimate of drug-likeness (QED) is 0.882. The highest BCUT2D eigenvalue weighted by molar-refractivity contribution is 5.83. The minimum Gasteiger partial charge on any atom is -0.480 e. The van der Waals surface area contributed by atoms with E-state index in [1.165, 1.54) is 6.33 Å². The van der Waals surface area contributed by atoms with Crippen LogP contribution in [0.4, 0.5) is 0 Å². The third-order valence-corrected chi connectivity index (χ3v) is 4.52. The second-order valence-corrected chi connectivity index (χ2v) is 5.89. The molecule has 0 saturated heterocycles. The van der Waals surface area contributed by atoms with Crippen LogP contribution in [-0.2, 0) is 22.6 Å². The summed E-state index contributed by atoms with van der Waals surface area (Å²) in [7, 11) is 0. The van der Waals surface area contributed by atoms with Crippen LogP contribution < -0.4 is 0 Å². The van der Waals surface area contributed by atoms with Crippen molar-refractivity contribution < 1.29 is 14.7 Å². The molecule has 114 valence electrons. The number of fused-ring (bicyclic) bond motifs is 1. The maximum absolute atomic E-state index is 12.8. The molecule has 7 heteroatoms. The zero-order valence-corrected chi connectivity index (χ0v) is 11.9. The zero-order chi connectivity index (χ0) is 14.8. The van der Waals surface area contributed by atoms with E-state index >= 15 is 0 Å². The molecule has 2 heterocycles. The molecular formula is C14H20N4O3. The average molecular weight is 292 g/mol. The van der Waals surface area contributed by atoms with Crippen LogP contribution in [0, 0.1) is 5.92 Å². The van der Waals surface area contributed by atoms with Crippen molar-refractivity contribution in [3.63, 3.8) is 0 Å². The van der Waals surface area contributed by atoms with Gasteiger partial charge in [-0.3, -0.25) is 14.3 Å². The number of carbonyl (C=O) groups excluding carboxylic acids is 1. The Morgan fingerprint density at radius 2 is 2.10 bits per heavy atom. The molecule has 1 N–H and O–H groups in total. The number of rotatable bonds is 4. The van der Waals surface area contributed by atoms with E-state index in [0.717, 1.165) is 31.5 Å². The molecule has 0 aromatic carbocycles. The Balaban J connectivity index is 1.73. The van der Waals surface area contributed by atoms with E-state index in [4.69, 9.17) is 5.11 Å². The van der Waals surface area contributed by atoms with Crippen LogP contribution in [0.25, 0.3) is 0 Å². The van der Waals surface area contributed by atoms with Crippen LogP contribution in [-0.4, -0.2) is 49.2 Å². The summed E-state index contributed by atoms with van der Waals surface area (Å²) in [4.78, 5) is 29.6. The van der Waals surface area contributed by atoms with Gasteiger partial charge in [-0.15, -0.1) is 0 Å². The summed E-state index contributed by atoms with van der Waals surface area (Å²) >= 11 is 0. The van der Waals surface area contributed by atoms with Gasteiger partial charge >= 0.3 is 5.97 Å². The predicted octanol–water partition coefficient (Wildman–Crippen LogP) is 0.696. The molecular weight excluding hydrogens is 272 g/mol. The van der Waals surface area contributed by atoms with Gasteiger partial charge in [-0.1, -0.05) is 12.8 Å². The molecule has 1 unspecified atom stereocenters. The van der Waals surface area contributed by atoms with Crippen molar-refractivity contribution >= 4 is 11.9 Å². The summed E-state index contributed by atoms with van der Waals surface area (Å²) in [5.41, 5.74) is 0. The normalized spacial score (nSPS) is 22.0. The van der Waals surface area contributed by atoms with Crippen LogP contribution >= 0.6 is 0 Å². The molecule has 1 atom stereocenters. The summed E-state index contributed by atoms with van der Waals surface area (Å²) in [5.74, 6) is -0.310. The number of nitrogens with zero attached hydrogens (tertiary/aromatic N) is 4. The topological polar surface area (TPSA) is 88.3 Å². The maximum atomic E-state index is 12.8. The Bertz CT molecular complexity index is 536. The van der Waals surface area contributed by atoms with E-state index < -0.39 is 5.97 Å². The highest BCUT2D eigenvalue weighted by Crippen LogP contribution is 2.27. The number of aromatic nitrogens is 3. The minimum absolute atomic E-state index is 0.0291. The highest BCUT2D eigenvalue weighted by Gasteiger charge is 2.34. The lowest BCUT2D eigenvalue weighted by molar-refractivity contribution is -0.148. The van der Waals surface area contributed by atoms with Crippen molar-refractivity contribution in [2.24, 2.45) is 5.92 Å². The SMILES string of the molecule is O=C(O)CN(C(=O)C1CCn2ncnc2C1)C1CCCC1. The van der Waals surface area contributed by atoms with Gasteiger partial charge in [0.1, 0.15) is 18.7 Å². The molecule has 3 rings (SSSR count). The third kappa shape index (κ3) is 2.91. The molecule has 1 aromatic heterocycles. The zero-order valence-electron chi connectivity index (χ0n) is 11.9. The van der Waals surface area contributed by atoms with Crippen molar-refractivity contribution in [1.29, 1.82) is 0 Å². The molecule has 1 aromatic rings. The molecule has 0 radical (unpaired) electrons. The van der Waals surface area contributed by atoms with Gasteiger partial charge in [0, 0.05) is 24.9 Å². The van der Waals surface area contributed by atoms with Crippen LogP contribution in [0.5, 0.6) is 0 Å². The average Bonchev–Trinajstić information content (AvgIpc) is 3.13. The second-order valence-electron chi connectivity index (χ2n) is 5.89. The van der Waals surface area contributed by atoms with E-state index in [9.17, 15) is 9.59 Å². The molecule has 1 saturated carbocycles. The number of carboxylic acids is 1. The Labute approximate surface area is 123 Å². The summed E-state index contributed by atoms with van der Waals surface area (Å²) in [5, 5.41) is 13.2. The van der Waals surface area contributed by atoms with Crippen molar-refractivity contribution in [3.8, 4) is 0 Å². The van der Waals surface area contributed by atoms with Gasteiger partial charge in [-0.25, -0.2) is 4.98 Å². The molecule has 1 aliphatic heterocycles. The lowest BCUT2D eigenvalue weighted by Crippen LogP contribution is -2.46. The summed E-state index contributed by atoms with van der Waals surface area (Å²) < 4.78 is 1.82. The third-order valence-electron chi connectivity index (χ3n) is 4.52. The predicted molar refractivity (Wildman–Crippen MR) is 73.4 cm³/mol. The Kier molecular flexibility index (Phi) is 3.90. The Morgan fingerprint density at radius 1 is 1.33 bits per heavy atom. The van der Waals surface area contributed by atoms with Crippen LogP contribution in [0.15, 0.2) is 6.33 Å². The number of aliphatic carboxylic acids is 1. The van der Waals surface area contributed by atoms with Crippen molar-refractivity contribution in [2.75, 3.05) is 6.54 Å². The number of carbonyl (C=O) groups is 2. The number of hydrogen-bond acceptors (Lipinski definition) is 4. The first-order chi connectivity index (χ1) is 10.1. The summed E-state index contributed by atoms with van der Waals surface area (Å²) in [6.07, 6.45) is 6.76. The number of amides is 1. The Hall–Kier alpha value is -1.92. The first-order valence-electron chi connectivity index (χ1n) is 7.54. The van der Waals surface area contributed by atoms with Crippen molar-refractivity contribution in [1.82, 2.24) is 19.7 Å². The van der Waals surface area contributed by atoms with Crippen LogP contribution in [0.1, 0.15) is 37.9 Å². The van der Waals surface area contributed by atoms with Crippen LogP contribution in [0.3, 0.4) is 0 Å². The first kappa shape index (κ1) is 14.0. The van der Waals surface area contributed by atoms with Gasteiger partial charge in [0.05, 0.1) is 0 Å². The monoisotopic (exact) mass is 292 g/mol. The molecule has 21 heavy (non-hydrogen) atoms. The molecule has 1 amide bonds. The van der Waals surface area contributed by atoms with Crippen molar-refractivity contribution in [3.05, 3.63) is 12.2 Å². The van der Waals surface area contributed by atoms with Gasteiger partial charge in [0.25, 0.3) is 0 Å². The molecule has 7 nitrogen and oxygen atoms in total. The molecule has 0 bridgehead atoms. The van der Waals surface area contributed by atoms with Gasteiger partial charge in [-0.2, -0.15) is 5.10 Å². The van der Waals surface area contributed by atoms with E-state index in [-0.39, 0.29) is 24.4 Å². The highest BCUT2D eigenvalue weighted by atomic mass is 16.4. The number of aryl methyl sites for hydroxylation is 1. The summed E-state index contributed by atoms with van der Waals surface area (Å²) in [6, 6.07) is 0.0911. The van der Waals surface area contributed by atoms with Crippen molar-refractivity contribution in [2.45, 2.75) is 51.1 Å². The fourth-order valence-electron chi connectivity index (χ4n) is 3.43. The second kappa shape index (κ2) is 5.83. The Morgan fingerprint density at radius 3 is 2.81 bits per heavy atom. The smallest absolute Gasteiger partial charge is 0.323 e. The maximum Gasteiger partial charge on any atom is 0.323 e. The van der Waals surface area contributed by atoms with E-state index in [0.29, 0.717) is 19.4 Å². The fourth-order valence-corrected chi connectivity index (χ4v) is 3.43. The number of hydrogen-bond donors (Lipinski definition) is 1. The molecule has 0 spiro atoms. The minimum atomic E-state index is -0.936. The van der Waals surface area contributed by atoms with Gasteiger partial charge in [-0.05, 0) is 19.3 Å². The largest absolute Gasteiger partial charge is 0.480 e. The molecule has 2 aliphatic rings. The first-order valence-corrected chi connectivity index (χ1v) is 7.54. The van der Waals surface area contributed by atoms with Crippen LogP contribution in [0.2, 0.25) is 0 Å². The number of carboxylic acid groups (broad SMARTS) is 1. The van der Waals surface area contributed by atoms with Gasteiger partial charge in [0.2, 0.25) is 5.91 Å². The van der Waals surface area contributed by atoms with E-state index in [1.54, 1.807) is 4.90 Å².